The number of aryl methyl sites for hydroxylation is 2. The van der Waals surface area contributed by atoms with Crippen molar-refractivity contribution in [2.45, 2.75) is 25.7 Å². The quantitative estimate of drug-likeness (QED) is 0.786. The first-order valence-electron chi connectivity index (χ1n) is 6.45. The maximum atomic E-state index is 11.6. The molecule has 4 heteroatoms. The molecular formula is C14H20N2O2. The SMILES string of the molecule is COCCCNC(=O)Nc1ccc2c(c1)CCC2. The summed E-state index contributed by atoms with van der Waals surface area (Å²) < 4.78 is 4.92. The zero-order valence-corrected chi connectivity index (χ0v) is 10.8. The minimum absolute atomic E-state index is 0.149. The van der Waals surface area contributed by atoms with Crippen molar-refractivity contribution in [3.63, 3.8) is 0 Å². The van der Waals surface area contributed by atoms with Gasteiger partial charge in [-0.1, -0.05) is 6.07 Å². The van der Waals surface area contributed by atoms with Crippen LogP contribution in [0.2, 0.25) is 0 Å². The van der Waals surface area contributed by atoms with Gasteiger partial charge < -0.3 is 15.4 Å². The molecule has 1 aliphatic carbocycles. The van der Waals surface area contributed by atoms with E-state index in [-0.39, 0.29) is 6.03 Å². The number of benzene rings is 1. The normalized spacial score (nSPS) is 13.2. The molecule has 0 radical (unpaired) electrons. The van der Waals surface area contributed by atoms with Crippen LogP contribution in [-0.4, -0.2) is 26.3 Å². The number of carbonyl (C=O) groups is 1. The maximum absolute atomic E-state index is 11.6. The smallest absolute Gasteiger partial charge is 0.319 e. The summed E-state index contributed by atoms with van der Waals surface area (Å²) in [5, 5.41) is 5.66. The molecule has 98 valence electrons. The summed E-state index contributed by atoms with van der Waals surface area (Å²) in [7, 11) is 1.66. The van der Waals surface area contributed by atoms with E-state index in [4.69, 9.17) is 4.74 Å². The van der Waals surface area contributed by atoms with Crippen LogP contribution in [0.3, 0.4) is 0 Å². The molecule has 1 aliphatic rings. The molecule has 4 nitrogen and oxygen atoms in total. The fourth-order valence-corrected chi connectivity index (χ4v) is 2.24. The first-order valence-corrected chi connectivity index (χ1v) is 6.45. The summed E-state index contributed by atoms with van der Waals surface area (Å²) in [6, 6.07) is 6.02. The van der Waals surface area contributed by atoms with Crippen molar-refractivity contribution in [1.82, 2.24) is 5.32 Å². The third-order valence-corrected chi connectivity index (χ3v) is 3.17. The Hall–Kier alpha value is -1.55. The van der Waals surface area contributed by atoms with E-state index in [0.29, 0.717) is 13.2 Å². The second-order valence-corrected chi connectivity index (χ2v) is 4.56. The van der Waals surface area contributed by atoms with Crippen molar-refractivity contribution in [2.24, 2.45) is 0 Å². The molecule has 2 amide bonds. The molecule has 0 saturated carbocycles. The first-order chi connectivity index (χ1) is 8.79. The number of urea groups is 1. The van der Waals surface area contributed by atoms with Gasteiger partial charge in [-0.2, -0.15) is 0 Å². The van der Waals surface area contributed by atoms with Crippen molar-refractivity contribution in [3.05, 3.63) is 29.3 Å². The van der Waals surface area contributed by atoms with E-state index in [1.165, 1.54) is 24.0 Å². The highest BCUT2D eigenvalue weighted by Crippen LogP contribution is 2.24. The fourth-order valence-electron chi connectivity index (χ4n) is 2.24. The van der Waals surface area contributed by atoms with Gasteiger partial charge in [0.2, 0.25) is 0 Å². The van der Waals surface area contributed by atoms with Gasteiger partial charge in [0, 0.05) is 25.9 Å². The number of rotatable bonds is 5. The Morgan fingerprint density at radius 3 is 3.00 bits per heavy atom. The molecule has 2 rings (SSSR count). The van der Waals surface area contributed by atoms with Crippen LogP contribution in [-0.2, 0) is 17.6 Å². The Morgan fingerprint density at radius 1 is 1.33 bits per heavy atom. The molecule has 0 unspecified atom stereocenters. The molecule has 0 atom stereocenters. The largest absolute Gasteiger partial charge is 0.385 e. The van der Waals surface area contributed by atoms with Crippen LogP contribution >= 0.6 is 0 Å². The molecule has 0 bridgehead atoms. The number of carbonyl (C=O) groups excluding carboxylic acids is 1. The number of amides is 2. The van der Waals surface area contributed by atoms with Crippen LogP contribution in [0, 0.1) is 0 Å². The summed E-state index contributed by atoms with van der Waals surface area (Å²) in [6.07, 6.45) is 4.34. The van der Waals surface area contributed by atoms with Crippen molar-refractivity contribution in [3.8, 4) is 0 Å². The van der Waals surface area contributed by atoms with Gasteiger partial charge in [-0.25, -0.2) is 4.79 Å². The van der Waals surface area contributed by atoms with Gasteiger partial charge in [0.25, 0.3) is 0 Å². The van der Waals surface area contributed by atoms with Gasteiger partial charge in [0.15, 0.2) is 0 Å². The van der Waals surface area contributed by atoms with Crippen molar-refractivity contribution >= 4 is 11.7 Å². The summed E-state index contributed by atoms with van der Waals surface area (Å²) in [5.74, 6) is 0. The van der Waals surface area contributed by atoms with Crippen LogP contribution in [0.5, 0.6) is 0 Å². The molecule has 0 heterocycles. The number of methoxy groups -OCH3 is 1. The Kier molecular flexibility index (Phi) is 4.59. The second-order valence-electron chi connectivity index (χ2n) is 4.56. The van der Waals surface area contributed by atoms with E-state index in [1.54, 1.807) is 7.11 Å². The number of ether oxygens (including phenoxy) is 1. The average molecular weight is 248 g/mol. The zero-order valence-electron chi connectivity index (χ0n) is 10.8. The Balaban J connectivity index is 1.80. The van der Waals surface area contributed by atoms with Crippen molar-refractivity contribution in [1.29, 1.82) is 0 Å². The molecular weight excluding hydrogens is 228 g/mol. The lowest BCUT2D eigenvalue weighted by Gasteiger charge is -2.09. The summed E-state index contributed by atoms with van der Waals surface area (Å²) >= 11 is 0. The lowest BCUT2D eigenvalue weighted by Crippen LogP contribution is -2.30. The topological polar surface area (TPSA) is 50.4 Å². The van der Waals surface area contributed by atoms with Crippen LogP contribution in [0.1, 0.15) is 24.0 Å². The summed E-state index contributed by atoms with van der Waals surface area (Å²) in [5.41, 5.74) is 3.66. The molecule has 0 spiro atoms. The lowest BCUT2D eigenvalue weighted by atomic mass is 10.1. The number of hydrogen-bond donors (Lipinski definition) is 2. The molecule has 0 fully saturated rings. The molecule has 1 aromatic carbocycles. The molecule has 0 aromatic heterocycles. The third-order valence-electron chi connectivity index (χ3n) is 3.17. The Morgan fingerprint density at radius 2 is 2.17 bits per heavy atom. The number of anilines is 1. The molecule has 0 aliphatic heterocycles. The lowest BCUT2D eigenvalue weighted by molar-refractivity contribution is 0.194. The van der Waals surface area contributed by atoms with Crippen molar-refractivity contribution in [2.75, 3.05) is 25.6 Å². The Labute approximate surface area is 108 Å². The van der Waals surface area contributed by atoms with Gasteiger partial charge in [-0.15, -0.1) is 0 Å². The van der Waals surface area contributed by atoms with E-state index < -0.39 is 0 Å². The maximum Gasteiger partial charge on any atom is 0.319 e. The molecule has 18 heavy (non-hydrogen) atoms. The molecule has 1 aromatic rings. The van der Waals surface area contributed by atoms with E-state index in [0.717, 1.165) is 18.5 Å². The Bertz CT molecular complexity index is 418. The van der Waals surface area contributed by atoms with Gasteiger partial charge in [-0.3, -0.25) is 0 Å². The van der Waals surface area contributed by atoms with Gasteiger partial charge in [-0.05, 0) is 48.9 Å². The van der Waals surface area contributed by atoms with Crippen LogP contribution in [0.25, 0.3) is 0 Å². The predicted molar refractivity (Wildman–Crippen MR) is 72.0 cm³/mol. The predicted octanol–water partition coefficient (Wildman–Crippen LogP) is 2.33. The van der Waals surface area contributed by atoms with Crippen LogP contribution in [0.4, 0.5) is 10.5 Å². The minimum Gasteiger partial charge on any atom is -0.385 e. The standard InChI is InChI=1S/C14H20N2O2/c1-18-9-3-8-15-14(17)16-13-7-6-11-4-2-5-12(11)10-13/h6-7,10H,2-5,8-9H2,1H3,(H2,15,16,17). The minimum atomic E-state index is -0.149. The highest BCUT2D eigenvalue weighted by molar-refractivity contribution is 5.89. The average Bonchev–Trinajstić information content (AvgIpc) is 2.82. The number of nitrogens with one attached hydrogen (secondary N) is 2. The van der Waals surface area contributed by atoms with Crippen LogP contribution < -0.4 is 10.6 Å². The van der Waals surface area contributed by atoms with Gasteiger partial charge in [0.1, 0.15) is 0 Å². The van der Waals surface area contributed by atoms with E-state index >= 15 is 0 Å². The van der Waals surface area contributed by atoms with Crippen LogP contribution in [0.15, 0.2) is 18.2 Å². The first kappa shape index (κ1) is 12.9. The van der Waals surface area contributed by atoms with Crippen molar-refractivity contribution < 1.29 is 9.53 Å². The summed E-state index contributed by atoms with van der Waals surface area (Å²) in [4.78, 5) is 11.6. The van der Waals surface area contributed by atoms with E-state index in [1.807, 2.05) is 6.07 Å². The monoisotopic (exact) mass is 248 g/mol. The van der Waals surface area contributed by atoms with Gasteiger partial charge >= 0.3 is 6.03 Å². The molecule has 2 N–H and O–H groups in total. The summed E-state index contributed by atoms with van der Waals surface area (Å²) in [6.45, 7) is 1.30. The second kappa shape index (κ2) is 6.40. The molecule has 0 saturated heterocycles. The van der Waals surface area contributed by atoms with Gasteiger partial charge in [0.05, 0.1) is 0 Å². The fraction of sp³-hybridized carbons (Fsp3) is 0.500. The zero-order chi connectivity index (χ0) is 12.8. The number of hydrogen-bond acceptors (Lipinski definition) is 2. The highest BCUT2D eigenvalue weighted by Gasteiger charge is 2.11. The number of fused-ring (bicyclic) bond motifs is 1. The van der Waals surface area contributed by atoms with E-state index in [9.17, 15) is 4.79 Å². The highest BCUT2D eigenvalue weighted by atomic mass is 16.5. The van der Waals surface area contributed by atoms with E-state index in [2.05, 4.69) is 22.8 Å². The third kappa shape index (κ3) is 3.47.